The maximum absolute atomic E-state index is 13.9. The lowest BCUT2D eigenvalue weighted by molar-refractivity contribution is -0.305. The van der Waals surface area contributed by atoms with Crippen LogP contribution >= 0.6 is 0 Å². The minimum atomic E-state index is -5.82. The fourth-order valence-corrected chi connectivity index (χ4v) is 3.62. The van der Waals surface area contributed by atoms with Gasteiger partial charge in [-0.25, -0.2) is 9.18 Å². The lowest BCUT2D eigenvalue weighted by Crippen LogP contribution is -2.45. The summed E-state index contributed by atoms with van der Waals surface area (Å²) in [4.78, 5) is 12.8. The van der Waals surface area contributed by atoms with Gasteiger partial charge in [0.25, 0.3) is 6.17 Å². The van der Waals surface area contributed by atoms with E-state index < -0.39 is 35.8 Å². The Morgan fingerprint density at radius 1 is 0.861 bits per heavy atom. The number of carbonyl (C=O) groups excluding carboxylic acids is 1. The quantitative estimate of drug-likeness (QED) is 0.171. The molecule has 0 aliphatic carbocycles. The highest BCUT2D eigenvalue weighted by molar-refractivity contribution is 5.87. The van der Waals surface area contributed by atoms with Crippen LogP contribution < -0.4 is 4.74 Å². The molecule has 0 bridgehead atoms. The summed E-state index contributed by atoms with van der Waals surface area (Å²) in [5.74, 6) is -1.48. The van der Waals surface area contributed by atoms with Gasteiger partial charge in [-0.1, -0.05) is 79.7 Å². The lowest BCUT2D eigenvalue weighted by atomic mass is 9.83. The van der Waals surface area contributed by atoms with Crippen molar-refractivity contribution in [2.24, 2.45) is 0 Å². The molecular weight excluding hydrogens is 486 g/mol. The van der Waals surface area contributed by atoms with Crippen molar-refractivity contribution in [1.29, 1.82) is 0 Å². The van der Waals surface area contributed by atoms with Gasteiger partial charge in [0.2, 0.25) is 0 Å². The van der Waals surface area contributed by atoms with Crippen molar-refractivity contribution >= 4 is 12.0 Å². The second kappa shape index (κ2) is 10.9. The summed E-state index contributed by atoms with van der Waals surface area (Å²) in [5.41, 5.74) is -0.142. The van der Waals surface area contributed by atoms with E-state index in [4.69, 9.17) is 4.74 Å². The van der Waals surface area contributed by atoms with Gasteiger partial charge >= 0.3 is 18.3 Å². The molecule has 0 amide bonds. The van der Waals surface area contributed by atoms with Gasteiger partial charge in [-0.2, -0.15) is 22.0 Å². The number of halogens is 6. The van der Waals surface area contributed by atoms with Crippen molar-refractivity contribution in [2.75, 3.05) is 0 Å². The van der Waals surface area contributed by atoms with Gasteiger partial charge in [0, 0.05) is 17.2 Å². The number of alkyl halides is 6. The highest BCUT2D eigenvalue weighted by Crippen LogP contribution is 2.41. The Labute approximate surface area is 204 Å². The molecule has 2 unspecified atom stereocenters. The van der Waals surface area contributed by atoms with Crippen LogP contribution in [0.5, 0.6) is 5.75 Å². The molecule has 190 valence electrons. The minimum absolute atomic E-state index is 0.135. The molecule has 9 heteroatoms. The first-order valence-corrected chi connectivity index (χ1v) is 10.9. The van der Waals surface area contributed by atoms with E-state index in [-0.39, 0.29) is 12.0 Å². The molecule has 0 saturated heterocycles. The minimum Gasteiger partial charge on any atom is -0.446 e. The summed E-state index contributed by atoms with van der Waals surface area (Å²) in [6, 6.07) is 22.0. The monoisotopic (exact) mass is 508 g/mol. The second-order valence-electron chi connectivity index (χ2n) is 7.81. The summed E-state index contributed by atoms with van der Waals surface area (Å²) in [5, 5.41) is 0. The summed E-state index contributed by atoms with van der Waals surface area (Å²) >= 11 is 0. The number of hydrogen-bond donors (Lipinski definition) is 0. The lowest BCUT2D eigenvalue weighted by Gasteiger charge is -2.34. The van der Waals surface area contributed by atoms with E-state index in [1.165, 1.54) is 24.3 Å². The molecule has 0 saturated carbocycles. The predicted molar refractivity (Wildman–Crippen MR) is 122 cm³/mol. The first-order valence-electron chi connectivity index (χ1n) is 10.9. The van der Waals surface area contributed by atoms with Crippen molar-refractivity contribution in [3.8, 4) is 5.75 Å². The van der Waals surface area contributed by atoms with Crippen LogP contribution in [0.1, 0.15) is 30.0 Å². The van der Waals surface area contributed by atoms with Crippen LogP contribution in [-0.4, -0.2) is 24.4 Å². The number of carbonyl (C=O) groups is 1. The van der Waals surface area contributed by atoms with Crippen molar-refractivity contribution < 1.29 is 40.6 Å². The molecule has 0 aromatic heterocycles. The number of benzene rings is 3. The molecule has 3 aromatic carbocycles. The number of rotatable bonds is 9. The van der Waals surface area contributed by atoms with Gasteiger partial charge in [0.1, 0.15) is 5.75 Å². The third kappa shape index (κ3) is 6.27. The van der Waals surface area contributed by atoms with Gasteiger partial charge in [0.15, 0.2) is 5.60 Å². The molecule has 0 radical (unpaired) electrons. The smallest absolute Gasteiger partial charge is 0.439 e. The maximum atomic E-state index is 13.9. The van der Waals surface area contributed by atoms with Crippen LogP contribution in [0.3, 0.4) is 0 Å². The fraction of sp³-hybridized carbons (Fsp3) is 0.222. The van der Waals surface area contributed by atoms with E-state index >= 15 is 0 Å². The maximum Gasteiger partial charge on any atom is 0.439 e. The molecule has 3 rings (SSSR count). The summed E-state index contributed by atoms with van der Waals surface area (Å²) in [6.07, 6.45) is -12.6. The highest BCUT2D eigenvalue weighted by atomic mass is 19.4. The molecule has 0 spiro atoms. The van der Waals surface area contributed by atoms with Gasteiger partial charge < -0.3 is 9.47 Å². The average molecular weight is 508 g/mol. The van der Waals surface area contributed by atoms with Crippen LogP contribution in [0.4, 0.5) is 26.3 Å². The molecule has 0 N–H and O–H groups in total. The molecule has 2 atom stereocenters. The Bertz CT molecular complexity index is 1180. The third-order valence-corrected chi connectivity index (χ3v) is 5.36. The summed E-state index contributed by atoms with van der Waals surface area (Å²) in [7, 11) is 0. The molecule has 0 aliphatic rings. The van der Waals surface area contributed by atoms with E-state index in [1.54, 1.807) is 61.5 Å². The summed E-state index contributed by atoms with van der Waals surface area (Å²) in [6.45, 7) is 1.69. The van der Waals surface area contributed by atoms with Crippen molar-refractivity contribution in [1.82, 2.24) is 0 Å². The standard InChI is InChI=1S/C27H22F6O3/c1-2-25(20-12-7-4-8-13-20,36-23(34)17-16-19-10-5-3-6-11-19)21-14-9-15-22(18-21)35-27(32,33)24(28)26(29,30)31/h3-18,24H,2H2,1H3/b17-16+. The number of ether oxygens (including phenoxy) is 2. The Kier molecular flexibility index (Phi) is 8.12. The van der Waals surface area contributed by atoms with Crippen LogP contribution in [0.2, 0.25) is 0 Å². The topological polar surface area (TPSA) is 35.5 Å². The average Bonchev–Trinajstić information content (AvgIpc) is 2.86. The van der Waals surface area contributed by atoms with E-state index in [2.05, 4.69) is 4.74 Å². The fourth-order valence-electron chi connectivity index (χ4n) is 3.62. The Morgan fingerprint density at radius 3 is 2.03 bits per heavy atom. The SMILES string of the molecule is CCC(OC(=O)/C=C/c1ccccc1)(c1ccccc1)c1cccc(OC(F)(F)C(F)C(F)(F)F)c1. The van der Waals surface area contributed by atoms with Crippen molar-refractivity contribution in [2.45, 2.75) is 37.4 Å². The van der Waals surface area contributed by atoms with E-state index in [0.717, 1.165) is 17.7 Å². The Balaban J connectivity index is 1.99. The Hall–Kier alpha value is -3.75. The van der Waals surface area contributed by atoms with Crippen molar-refractivity contribution in [3.63, 3.8) is 0 Å². The number of hydrogen-bond acceptors (Lipinski definition) is 3. The second-order valence-corrected chi connectivity index (χ2v) is 7.81. The molecule has 0 fully saturated rings. The van der Waals surface area contributed by atoms with E-state index in [9.17, 15) is 31.1 Å². The predicted octanol–water partition coefficient (Wildman–Crippen LogP) is 7.47. The zero-order valence-electron chi connectivity index (χ0n) is 19.0. The van der Waals surface area contributed by atoms with Crippen LogP contribution in [0, 0.1) is 0 Å². The Morgan fingerprint density at radius 2 is 1.44 bits per heavy atom. The molecule has 36 heavy (non-hydrogen) atoms. The molecule has 0 heterocycles. The van der Waals surface area contributed by atoms with Crippen LogP contribution in [0.15, 0.2) is 91.0 Å². The van der Waals surface area contributed by atoms with Crippen LogP contribution in [0.25, 0.3) is 6.08 Å². The first-order chi connectivity index (χ1) is 17.0. The van der Waals surface area contributed by atoms with Gasteiger partial charge in [-0.05, 0) is 30.2 Å². The van der Waals surface area contributed by atoms with Gasteiger partial charge in [-0.15, -0.1) is 0 Å². The molecule has 3 aromatic rings. The normalized spacial score (nSPS) is 14.8. The summed E-state index contributed by atoms with van der Waals surface area (Å²) < 4.78 is 88.7. The first kappa shape index (κ1) is 26.8. The van der Waals surface area contributed by atoms with E-state index in [1.807, 2.05) is 6.07 Å². The number of esters is 1. The zero-order chi connectivity index (χ0) is 26.4. The zero-order valence-corrected chi connectivity index (χ0v) is 19.0. The highest BCUT2D eigenvalue weighted by Gasteiger charge is 2.59. The van der Waals surface area contributed by atoms with Gasteiger partial charge in [-0.3, -0.25) is 0 Å². The van der Waals surface area contributed by atoms with E-state index in [0.29, 0.717) is 5.56 Å². The third-order valence-electron chi connectivity index (χ3n) is 5.36. The van der Waals surface area contributed by atoms with Crippen LogP contribution in [-0.2, 0) is 15.1 Å². The largest absolute Gasteiger partial charge is 0.446 e. The molecular formula is C27H22F6O3. The molecule has 0 aliphatic heterocycles. The van der Waals surface area contributed by atoms with Crippen molar-refractivity contribution in [3.05, 3.63) is 108 Å². The van der Waals surface area contributed by atoms with Gasteiger partial charge in [0.05, 0.1) is 0 Å². The molecule has 3 nitrogen and oxygen atoms in total.